The summed E-state index contributed by atoms with van der Waals surface area (Å²) < 4.78 is 22.8. The van der Waals surface area contributed by atoms with Crippen molar-refractivity contribution in [3.05, 3.63) is 34.9 Å². The van der Waals surface area contributed by atoms with Crippen molar-refractivity contribution in [3.8, 4) is 0 Å². The number of sulfone groups is 1. The Morgan fingerprint density at radius 3 is 2.61 bits per heavy atom. The van der Waals surface area contributed by atoms with E-state index >= 15 is 0 Å². The lowest BCUT2D eigenvalue weighted by Crippen LogP contribution is -2.37. The molecular formula is C12H14ClNO3S. The van der Waals surface area contributed by atoms with Gasteiger partial charge in [0.1, 0.15) is 0 Å². The van der Waals surface area contributed by atoms with E-state index in [-0.39, 0.29) is 23.5 Å². The molecule has 1 fully saturated rings. The van der Waals surface area contributed by atoms with Gasteiger partial charge in [-0.15, -0.1) is 0 Å². The number of carbonyl (C=O) groups is 1. The summed E-state index contributed by atoms with van der Waals surface area (Å²) in [6, 6.07) is 6.52. The number of hydrogen-bond donors (Lipinski definition) is 0. The summed E-state index contributed by atoms with van der Waals surface area (Å²) in [5.74, 6) is -0.0416. The van der Waals surface area contributed by atoms with Crippen LogP contribution in [0.1, 0.15) is 16.8 Å². The van der Waals surface area contributed by atoms with Gasteiger partial charge in [-0.3, -0.25) is 4.79 Å². The number of halogens is 1. The van der Waals surface area contributed by atoms with Crippen molar-refractivity contribution in [3.63, 3.8) is 0 Å². The first-order valence-corrected chi connectivity index (χ1v) is 7.83. The third-order valence-corrected chi connectivity index (χ3v) is 5.26. The summed E-state index contributed by atoms with van der Waals surface area (Å²) >= 11 is 5.96. The minimum Gasteiger partial charge on any atom is -0.338 e. The number of benzene rings is 1. The Hall–Kier alpha value is -1.07. The van der Waals surface area contributed by atoms with E-state index in [1.54, 1.807) is 31.3 Å². The lowest BCUT2D eigenvalue weighted by molar-refractivity contribution is 0.0748. The van der Waals surface area contributed by atoms with Gasteiger partial charge in [0.05, 0.1) is 22.1 Å². The molecule has 0 spiro atoms. The van der Waals surface area contributed by atoms with Crippen molar-refractivity contribution < 1.29 is 13.2 Å². The van der Waals surface area contributed by atoms with Crippen LogP contribution in [0.5, 0.6) is 0 Å². The molecule has 0 aromatic heterocycles. The van der Waals surface area contributed by atoms with Gasteiger partial charge in [-0.25, -0.2) is 8.42 Å². The van der Waals surface area contributed by atoms with Gasteiger partial charge in [-0.1, -0.05) is 23.7 Å². The van der Waals surface area contributed by atoms with Crippen molar-refractivity contribution in [2.45, 2.75) is 12.5 Å². The van der Waals surface area contributed by atoms with Crippen molar-refractivity contribution in [1.82, 2.24) is 4.90 Å². The smallest absolute Gasteiger partial charge is 0.255 e. The van der Waals surface area contributed by atoms with Crippen molar-refractivity contribution in [1.29, 1.82) is 0 Å². The number of nitrogens with zero attached hydrogens (tertiary/aromatic N) is 1. The first kappa shape index (κ1) is 13.4. The topological polar surface area (TPSA) is 54.5 Å². The van der Waals surface area contributed by atoms with Gasteiger partial charge in [0, 0.05) is 13.1 Å². The van der Waals surface area contributed by atoms with Crippen molar-refractivity contribution in [2.75, 3.05) is 18.6 Å². The monoisotopic (exact) mass is 287 g/mol. The molecule has 1 atom stereocenters. The molecule has 0 aliphatic carbocycles. The molecule has 1 amide bonds. The largest absolute Gasteiger partial charge is 0.338 e. The van der Waals surface area contributed by atoms with Crippen LogP contribution in [0.25, 0.3) is 0 Å². The number of amides is 1. The van der Waals surface area contributed by atoms with Gasteiger partial charge >= 0.3 is 0 Å². The van der Waals surface area contributed by atoms with E-state index in [2.05, 4.69) is 0 Å². The van der Waals surface area contributed by atoms with E-state index < -0.39 is 9.84 Å². The van der Waals surface area contributed by atoms with Crippen LogP contribution in [0.2, 0.25) is 5.02 Å². The third-order valence-electron chi connectivity index (χ3n) is 3.18. The summed E-state index contributed by atoms with van der Waals surface area (Å²) in [6.45, 7) is 0. The normalized spacial score (nSPS) is 21.8. The van der Waals surface area contributed by atoms with Crippen LogP contribution in [0.3, 0.4) is 0 Å². The molecule has 1 aromatic rings. The molecule has 1 aliphatic rings. The first-order valence-electron chi connectivity index (χ1n) is 5.63. The summed E-state index contributed by atoms with van der Waals surface area (Å²) in [5.41, 5.74) is 0.408. The average molecular weight is 288 g/mol. The fourth-order valence-corrected chi connectivity index (χ4v) is 4.06. The zero-order valence-corrected chi connectivity index (χ0v) is 11.5. The van der Waals surface area contributed by atoms with Crippen LogP contribution in [0.15, 0.2) is 24.3 Å². The molecule has 0 bridgehead atoms. The molecule has 0 radical (unpaired) electrons. The highest BCUT2D eigenvalue weighted by atomic mass is 35.5. The third kappa shape index (κ3) is 2.67. The SMILES string of the molecule is CN(C(=O)c1ccccc1Cl)C1CCS(=O)(=O)C1. The van der Waals surface area contributed by atoms with Gasteiger partial charge in [-0.05, 0) is 18.6 Å². The van der Waals surface area contributed by atoms with Gasteiger partial charge < -0.3 is 4.90 Å². The Kier molecular flexibility index (Phi) is 3.64. The molecule has 2 rings (SSSR count). The van der Waals surface area contributed by atoms with Crippen molar-refractivity contribution in [2.24, 2.45) is 0 Å². The minimum atomic E-state index is -2.99. The Morgan fingerprint density at radius 1 is 1.39 bits per heavy atom. The zero-order chi connectivity index (χ0) is 13.3. The maximum absolute atomic E-state index is 12.2. The second-order valence-electron chi connectivity index (χ2n) is 4.45. The molecule has 0 saturated carbocycles. The van der Waals surface area contributed by atoms with E-state index in [0.29, 0.717) is 17.0 Å². The van der Waals surface area contributed by atoms with E-state index in [1.165, 1.54) is 4.90 Å². The molecule has 1 aromatic carbocycles. The molecular weight excluding hydrogens is 274 g/mol. The highest BCUT2D eigenvalue weighted by Crippen LogP contribution is 2.21. The lowest BCUT2D eigenvalue weighted by atomic mass is 10.1. The fourth-order valence-electron chi connectivity index (χ4n) is 2.07. The Bertz CT molecular complexity index is 570. The summed E-state index contributed by atoms with van der Waals surface area (Å²) in [7, 11) is -1.37. The standard InChI is InChI=1S/C12H14ClNO3S/c1-14(9-6-7-18(16,17)8-9)12(15)10-4-2-3-5-11(10)13/h2-5,9H,6-8H2,1H3. The Balaban J connectivity index is 2.18. The Labute approximate surface area is 111 Å². The van der Waals surface area contributed by atoms with E-state index in [9.17, 15) is 13.2 Å². The number of carbonyl (C=O) groups excluding carboxylic acids is 1. The summed E-state index contributed by atoms with van der Waals surface area (Å²) in [6.07, 6.45) is 0.495. The average Bonchev–Trinajstić information content (AvgIpc) is 2.68. The number of rotatable bonds is 2. The molecule has 1 aliphatic heterocycles. The maximum atomic E-state index is 12.2. The van der Waals surface area contributed by atoms with Gasteiger partial charge in [-0.2, -0.15) is 0 Å². The number of hydrogen-bond acceptors (Lipinski definition) is 3. The molecule has 1 heterocycles. The van der Waals surface area contributed by atoms with Crippen LogP contribution in [-0.2, 0) is 9.84 Å². The fraction of sp³-hybridized carbons (Fsp3) is 0.417. The van der Waals surface area contributed by atoms with Gasteiger partial charge in [0.25, 0.3) is 5.91 Å². The lowest BCUT2D eigenvalue weighted by Gasteiger charge is -2.23. The predicted molar refractivity (Wildman–Crippen MR) is 70.6 cm³/mol. The van der Waals surface area contributed by atoms with Crippen LogP contribution in [0, 0.1) is 0 Å². The molecule has 4 nitrogen and oxygen atoms in total. The minimum absolute atomic E-state index is 0.0414. The molecule has 1 unspecified atom stereocenters. The second-order valence-corrected chi connectivity index (χ2v) is 7.09. The highest BCUT2D eigenvalue weighted by molar-refractivity contribution is 7.91. The van der Waals surface area contributed by atoms with E-state index in [1.807, 2.05) is 0 Å². The zero-order valence-electron chi connectivity index (χ0n) is 9.97. The van der Waals surface area contributed by atoms with Crippen LogP contribution in [0.4, 0.5) is 0 Å². The van der Waals surface area contributed by atoms with Crippen molar-refractivity contribution >= 4 is 27.3 Å². The second kappa shape index (κ2) is 4.90. The van der Waals surface area contributed by atoms with Crippen LogP contribution >= 0.6 is 11.6 Å². The predicted octanol–water partition coefficient (Wildman–Crippen LogP) is 1.60. The maximum Gasteiger partial charge on any atom is 0.255 e. The van der Waals surface area contributed by atoms with Gasteiger partial charge in [0.2, 0.25) is 0 Å². The van der Waals surface area contributed by atoms with Crippen LogP contribution < -0.4 is 0 Å². The molecule has 1 saturated heterocycles. The molecule has 18 heavy (non-hydrogen) atoms. The van der Waals surface area contributed by atoms with E-state index in [4.69, 9.17) is 11.6 Å². The molecule has 6 heteroatoms. The molecule has 98 valence electrons. The first-order chi connectivity index (χ1) is 8.41. The van der Waals surface area contributed by atoms with E-state index in [0.717, 1.165) is 0 Å². The highest BCUT2D eigenvalue weighted by Gasteiger charge is 2.33. The summed E-state index contributed by atoms with van der Waals surface area (Å²) in [4.78, 5) is 13.7. The Morgan fingerprint density at radius 2 is 2.06 bits per heavy atom. The summed E-state index contributed by atoms with van der Waals surface area (Å²) in [5, 5.41) is 0.384. The quantitative estimate of drug-likeness (QED) is 0.830. The van der Waals surface area contributed by atoms with Crippen LogP contribution in [-0.4, -0.2) is 43.8 Å². The van der Waals surface area contributed by atoms with Gasteiger partial charge in [0.15, 0.2) is 9.84 Å². The molecule has 0 N–H and O–H groups in total.